The van der Waals surface area contributed by atoms with Gasteiger partial charge < -0.3 is 10.6 Å². The van der Waals surface area contributed by atoms with Crippen molar-refractivity contribution in [2.75, 3.05) is 11.9 Å². The largest absolute Gasteiger partial charge is 0.377 e. The Morgan fingerprint density at radius 2 is 2.16 bits per heavy atom. The highest BCUT2D eigenvalue weighted by atomic mass is 15.0. The number of benzene rings is 1. The first kappa shape index (κ1) is 12.2. The Bertz CT molecular complexity index is 565. The van der Waals surface area contributed by atoms with Crippen molar-refractivity contribution in [2.24, 2.45) is 0 Å². The van der Waals surface area contributed by atoms with Gasteiger partial charge in [-0.15, -0.1) is 0 Å². The summed E-state index contributed by atoms with van der Waals surface area (Å²) in [7, 11) is 0. The van der Waals surface area contributed by atoms with E-state index < -0.39 is 0 Å². The van der Waals surface area contributed by atoms with Crippen LogP contribution in [0.3, 0.4) is 0 Å². The van der Waals surface area contributed by atoms with Crippen LogP contribution < -0.4 is 10.6 Å². The molecule has 3 heteroatoms. The lowest BCUT2D eigenvalue weighted by Gasteiger charge is -2.20. The van der Waals surface area contributed by atoms with Crippen LogP contribution in [0.25, 0.3) is 0 Å². The van der Waals surface area contributed by atoms with E-state index in [9.17, 15) is 0 Å². The molecule has 0 aliphatic carbocycles. The van der Waals surface area contributed by atoms with Gasteiger partial charge in [0.05, 0.1) is 11.7 Å². The summed E-state index contributed by atoms with van der Waals surface area (Å²) < 4.78 is 0. The predicted octanol–water partition coefficient (Wildman–Crippen LogP) is 3.04. The molecular formula is C16H19N3. The van der Waals surface area contributed by atoms with Gasteiger partial charge in [-0.05, 0) is 42.6 Å². The quantitative estimate of drug-likeness (QED) is 0.863. The fourth-order valence-electron chi connectivity index (χ4n) is 2.65. The van der Waals surface area contributed by atoms with Crippen molar-refractivity contribution in [1.82, 2.24) is 10.3 Å². The number of nitrogens with one attached hydrogen (secondary N) is 2. The number of pyridine rings is 1. The lowest BCUT2D eigenvalue weighted by atomic mass is 9.99. The molecule has 98 valence electrons. The molecule has 19 heavy (non-hydrogen) atoms. The van der Waals surface area contributed by atoms with Crippen LogP contribution in [0.4, 0.5) is 5.69 Å². The second-order valence-electron chi connectivity index (χ2n) is 5.11. The highest BCUT2D eigenvalue weighted by Gasteiger charge is 2.17. The molecule has 1 aliphatic heterocycles. The molecule has 0 spiro atoms. The molecule has 0 fully saturated rings. The summed E-state index contributed by atoms with van der Waals surface area (Å²) in [6.45, 7) is 4.06. The van der Waals surface area contributed by atoms with Crippen LogP contribution >= 0.6 is 0 Å². The van der Waals surface area contributed by atoms with Crippen LogP contribution in [0, 0.1) is 6.92 Å². The first-order valence-electron chi connectivity index (χ1n) is 6.79. The molecular weight excluding hydrogens is 234 g/mol. The van der Waals surface area contributed by atoms with Gasteiger partial charge in [0, 0.05) is 18.9 Å². The van der Waals surface area contributed by atoms with Gasteiger partial charge in [-0.3, -0.25) is 4.98 Å². The van der Waals surface area contributed by atoms with E-state index in [0.29, 0.717) is 6.04 Å². The molecule has 3 nitrogen and oxygen atoms in total. The zero-order valence-electron chi connectivity index (χ0n) is 11.2. The van der Waals surface area contributed by atoms with Gasteiger partial charge >= 0.3 is 0 Å². The average molecular weight is 253 g/mol. The molecule has 1 unspecified atom stereocenters. The Balaban J connectivity index is 1.88. The van der Waals surface area contributed by atoms with Crippen molar-refractivity contribution in [3.05, 3.63) is 59.4 Å². The van der Waals surface area contributed by atoms with E-state index in [2.05, 4.69) is 52.9 Å². The van der Waals surface area contributed by atoms with Crippen molar-refractivity contribution in [3.63, 3.8) is 0 Å². The number of aromatic nitrogens is 1. The molecule has 1 aromatic heterocycles. The third kappa shape index (κ3) is 2.76. The van der Waals surface area contributed by atoms with E-state index in [-0.39, 0.29) is 0 Å². The molecule has 3 rings (SSSR count). The first-order valence-corrected chi connectivity index (χ1v) is 6.79. The molecule has 1 aliphatic rings. The minimum atomic E-state index is 0.356. The molecule has 2 N–H and O–H groups in total. The van der Waals surface area contributed by atoms with Gasteiger partial charge in [0.15, 0.2) is 0 Å². The van der Waals surface area contributed by atoms with Gasteiger partial charge in [0.2, 0.25) is 0 Å². The van der Waals surface area contributed by atoms with Crippen LogP contribution in [-0.4, -0.2) is 11.5 Å². The number of hydrogen-bond donors (Lipinski definition) is 2. The number of hydrogen-bond acceptors (Lipinski definition) is 3. The van der Waals surface area contributed by atoms with Crippen molar-refractivity contribution in [2.45, 2.75) is 25.9 Å². The number of fused-ring (bicyclic) bond motifs is 1. The third-order valence-electron chi connectivity index (χ3n) is 3.57. The first-order chi connectivity index (χ1) is 9.33. The second kappa shape index (κ2) is 5.41. The monoisotopic (exact) mass is 253 g/mol. The van der Waals surface area contributed by atoms with E-state index in [1.54, 1.807) is 0 Å². The van der Waals surface area contributed by atoms with Crippen molar-refractivity contribution in [3.8, 4) is 0 Å². The molecule has 1 aromatic carbocycles. The summed E-state index contributed by atoms with van der Waals surface area (Å²) in [5.41, 5.74) is 5.07. The fraction of sp³-hybridized carbons (Fsp3) is 0.312. The summed E-state index contributed by atoms with van der Waals surface area (Å²) in [5.74, 6) is 0. The minimum Gasteiger partial charge on any atom is -0.377 e. The molecule has 0 amide bonds. The van der Waals surface area contributed by atoms with E-state index in [0.717, 1.165) is 25.2 Å². The van der Waals surface area contributed by atoms with Crippen molar-refractivity contribution < 1.29 is 0 Å². The summed E-state index contributed by atoms with van der Waals surface area (Å²) >= 11 is 0. The van der Waals surface area contributed by atoms with E-state index in [1.807, 2.05) is 12.4 Å². The maximum atomic E-state index is 4.25. The van der Waals surface area contributed by atoms with Crippen LogP contribution in [0.5, 0.6) is 0 Å². The van der Waals surface area contributed by atoms with Crippen molar-refractivity contribution >= 4 is 5.69 Å². The predicted molar refractivity (Wildman–Crippen MR) is 78.1 cm³/mol. The molecule has 1 atom stereocenters. The number of aryl methyl sites for hydroxylation is 1. The molecule has 0 saturated carbocycles. The fourth-order valence-corrected chi connectivity index (χ4v) is 2.65. The zero-order valence-corrected chi connectivity index (χ0v) is 11.2. The molecule has 2 aromatic rings. The van der Waals surface area contributed by atoms with Gasteiger partial charge in [-0.1, -0.05) is 24.3 Å². The van der Waals surface area contributed by atoms with E-state index >= 15 is 0 Å². The highest BCUT2D eigenvalue weighted by molar-refractivity contribution is 5.46. The standard InChI is InChI=1S/C16H19N3/c1-12-8-14(11-18-9-12)19-16-6-7-17-10-13-4-2-3-5-15(13)16/h2-5,8-9,11,16-17,19H,6-7,10H2,1H3. The van der Waals surface area contributed by atoms with Gasteiger partial charge in [-0.2, -0.15) is 0 Å². The Morgan fingerprint density at radius 1 is 1.26 bits per heavy atom. The summed E-state index contributed by atoms with van der Waals surface area (Å²) in [4.78, 5) is 4.25. The SMILES string of the molecule is Cc1cncc(NC2CCNCc3ccccc32)c1. The van der Waals surface area contributed by atoms with E-state index in [1.165, 1.54) is 16.7 Å². The van der Waals surface area contributed by atoms with Crippen molar-refractivity contribution in [1.29, 1.82) is 0 Å². The van der Waals surface area contributed by atoms with Crippen LogP contribution in [0.15, 0.2) is 42.7 Å². The maximum Gasteiger partial charge on any atom is 0.0534 e. The number of anilines is 1. The van der Waals surface area contributed by atoms with Gasteiger partial charge in [0.1, 0.15) is 0 Å². The van der Waals surface area contributed by atoms with Gasteiger partial charge in [0.25, 0.3) is 0 Å². The molecule has 0 saturated heterocycles. The smallest absolute Gasteiger partial charge is 0.0534 e. The Hall–Kier alpha value is -1.87. The summed E-state index contributed by atoms with van der Waals surface area (Å²) in [6, 6.07) is 11.2. The average Bonchev–Trinajstić information content (AvgIpc) is 2.62. The van der Waals surface area contributed by atoms with Crippen LogP contribution in [-0.2, 0) is 6.54 Å². The maximum absolute atomic E-state index is 4.25. The topological polar surface area (TPSA) is 37.0 Å². The van der Waals surface area contributed by atoms with Crippen LogP contribution in [0.1, 0.15) is 29.2 Å². The molecule has 2 heterocycles. The summed E-state index contributed by atoms with van der Waals surface area (Å²) in [5, 5.41) is 7.09. The lowest BCUT2D eigenvalue weighted by molar-refractivity contribution is 0.637. The van der Waals surface area contributed by atoms with E-state index in [4.69, 9.17) is 0 Å². The Morgan fingerprint density at radius 3 is 3.05 bits per heavy atom. The van der Waals surface area contributed by atoms with Gasteiger partial charge in [-0.25, -0.2) is 0 Å². The van der Waals surface area contributed by atoms with Crippen LogP contribution in [0.2, 0.25) is 0 Å². The summed E-state index contributed by atoms with van der Waals surface area (Å²) in [6.07, 6.45) is 4.87. The molecule has 0 bridgehead atoms. The highest BCUT2D eigenvalue weighted by Crippen LogP contribution is 2.27. The lowest BCUT2D eigenvalue weighted by Crippen LogP contribution is -2.15. The zero-order chi connectivity index (χ0) is 13.1. The Kier molecular flexibility index (Phi) is 3.47. The minimum absolute atomic E-state index is 0.356. The number of nitrogens with zero attached hydrogens (tertiary/aromatic N) is 1. The normalized spacial score (nSPS) is 18.5. The number of rotatable bonds is 2. The molecule has 0 radical (unpaired) electrons. The third-order valence-corrected chi connectivity index (χ3v) is 3.57. The Labute approximate surface area is 114 Å². The second-order valence-corrected chi connectivity index (χ2v) is 5.11.